The molecule has 0 unspecified atom stereocenters. The third-order valence-electron chi connectivity index (χ3n) is 3.00. The number of benzene rings is 1. The number of aromatic carboxylic acids is 1. The normalized spacial score (nSPS) is 10.9. The Hall–Kier alpha value is -2.76. The van der Waals surface area contributed by atoms with E-state index in [4.69, 9.17) is 5.11 Å². The third-order valence-corrected chi connectivity index (χ3v) is 3.00. The van der Waals surface area contributed by atoms with E-state index in [9.17, 15) is 9.18 Å². The maximum absolute atomic E-state index is 13.3. The van der Waals surface area contributed by atoms with Gasteiger partial charge in [-0.1, -0.05) is 12.1 Å². The van der Waals surface area contributed by atoms with Crippen molar-refractivity contribution in [3.63, 3.8) is 0 Å². The van der Waals surface area contributed by atoms with Crippen molar-refractivity contribution in [3.8, 4) is 11.3 Å². The molecule has 0 saturated heterocycles. The van der Waals surface area contributed by atoms with Crippen molar-refractivity contribution in [2.75, 3.05) is 0 Å². The molecule has 0 fully saturated rings. The highest BCUT2D eigenvalue weighted by atomic mass is 19.1. The topological polar surface area (TPSA) is 67.5 Å². The number of carboxylic acid groups (broad SMARTS) is 1. The van der Waals surface area contributed by atoms with Gasteiger partial charge in [-0.15, -0.1) is 0 Å². The van der Waals surface area contributed by atoms with Gasteiger partial charge in [-0.2, -0.15) is 5.10 Å². The summed E-state index contributed by atoms with van der Waals surface area (Å²) in [5.41, 5.74) is 2.09. The van der Waals surface area contributed by atoms with E-state index in [0.717, 1.165) is 5.69 Å². The molecule has 100 valence electrons. The second-order valence-electron chi connectivity index (χ2n) is 4.39. The average molecular weight is 271 g/mol. The number of hydrogen-bond donors (Lipinski definition) is 1. The molecule has 1 aromatic carbocycles. The molecule has 0 radical (unpaired) electrons. The average Bonchev–Trinajstić information content (AvgIpc) is 2.83. The van der Waals surface area contributed by atoms with Gasteiger partial charge in [0.1, 0.15) is 11.4 Å². The number of hydrogen-bond acceptors (Lipinski definition) is 3. The zero-order valence-electron chi connectivity index (χ0n) is 10.5. The van der Waals surface area contributed by atoms with Crippen LogP contribution in [0.4, 0.5) is 4.39 Å². The first-order valence-corrected chi connectivity index (χ1v) is 5.91. The molecule has 0 bridgehead atoms. The fraction of sp³-hybridized carbons (Fsp3) is 0.0714. The van der Waals surface area contributed by atoms with Crippen molar-refractivity contribution < 1.29 is 14.3 Å². The Balaban J connectivity index is 2.27. The molecule has 0 spiro atoms. The van der Waals surface area contributed by atoms with Gasteiger partial charge < -0.3 is 5.11 Å². The van der Waals surface area contributed by atoms with Crippen LogP contribution in [0.2, 0.25) is 0 Å². The maximum Gasteiger partial charge on any atom is 0.341 e. The van der Waals surface area contributed by atoms with Crippen LogP contribution in [0.15, 0.2) is 36.5 Å². The van der Waals surface area contributed by atoms with Crippen LogP contribution in [0.1, 0.15) is 16.1 Å². The lowest BCUT2D eigenvalue weighted by Gasteiger charge is -2.05. The molecule has 1 N–H and O–H groups in total. The predicted octanol–water partition coefficient (Wildman–Crippen LogP) is 2.54. The largest absolute Gasteiger partial charge is 0.477 e. The molecule has 6 heteroatoms. The molecule has 0 aliphatic carbocycles. The van der Waals surface area contributed by atoms with Gasteiger partial charge in [0.15, 0.2) is 5.65 Å². The minimum atomic E-state index is -1.09. The zero-order chi connectivity index (χ0) is 14.3. The summed E-state index contributed by atoms with van der Waals surface area (Å²) in [5.74, 6) is -1.46. The first kappa shape index (κ1) is 12.3. The molecule has 20 heavy (non-hydrogen) atoms. The van der Waals surface area contributed by atoms with E-state index in [2.05, 4.69) is 10.1 Å². The number of rotatable bonds is 2. The van der Waals surface area contributed by atoms with Crippen molar-refractivity contribution in [2.24, 2.45) is 0 Å². The van der Waals surface area contributed by atoms with Gasteiger partial charge in [0.05, 0.1) is 11.9 Å². The summed E-state index contributed by atoms with van der Waals surface area (Å²) >= 11 is 0. The minimum absolute atomic E-state index is 0.0198. The van der Waals surface area contributed by atoms with Crippen LogP contribution in [0.5, 0.6) is 0 Å². The zero-order valence-corrected chi connectivity index (χ0v) is 10.5. The van der Waals surface area contributed by atoms with Crippen molar-refractivity contribution in [1.82, 2.24) is 14.6 Å². The third kappa shape index (κ3) is 1.91. The van der Waals surface area contributed by atoms with Gasteiger partial charge in [0, 0.05) is 11.3 Å². The van der Waals surface area contributed by atoms with E-state index in [1.165, 1.54) is 22.8 Å². The van der Waals surface area contributed by atoms with Gasteiger partial charge in [-0.25, -0.2) is 18.7 Å². The van der Waals surface area contributed by atoms with E-state index in [1.54, 1.807) is 25.1 Å². The standard InChI is InChI=1S/C14H10FN3O2/c1-8-5-12(9-3-2-4-10(15)6-9)17-13-11(14(19)20)7-16-18(8)13/h2-7H,1H3,(H,19,20). The highest BCUT2D eigenvalue weighted by Gasteiger charge is 2.15. The molecule has 0 atom stereocenters. The first-order chi connectivity index (χ1) is 9.56. The van der Waals surface area contributed by atoms with E-state index in [1.807, 2.05) is 0 Å². The summed E-state index contributed by atoms with van der Waals surface area (Å²) in [6, 6.07) is 7.74. The Morgan fingerprint density at radius 2 is 2.15 bits per heavy atom. The van der Waals surface area contributed by atoms with Gasteiger partial charge in [-0.3, -0.25) is 0 Å². The highest BCUT2D eigenvalue weighted by Crippen LogP contribution is 2.21. The minimum Gasteiger partial charge on any atom is -0.477 e. The van der Waals surface area contributed by atoms with E-state index in [-0.39, 0.29) is 17.0 Å². The number of carbonyl (C=O) groups is 1. The number of nitrogens with zero attached hydrogens (tertiary/aromatic N) is 3. The van der Waals surface area contributed by atoms with Crippen LogP contribution >= 0.6 is 0 Å². The number of carboxylic acids is 1. The van der Waals surface area contributed by atoms with Crippen molar-refractivity contribution in [2.45, 2.75) is 6.92 Å². The molecule has 0 aliphatic heterocycles. The van der Waals surface area contributed by atoms with Crippen molar-refractivity contribution in [1.29, 1.82) is 0 Å². The molecule has 3 rings (SSSR count). The summed E-state index contributed by atoms with van der Waals surface area (Å²) in [5, 5.41) is 13.1. The number of aromatic nitrogens is 3. The monoisotopic (exact) mass is 271 g/mol. The Labute approximate surface area is 113 Å². The first-order valence-electron chi connectivity index (χ1n) is 5.91. The van der Waals surface area contributed by atoms with Gasteiger partial charge in [0.25, 0.3) is 0 Å². The Kier molecular flexibility index (Phi) is 2.71. The number of fused-ring (bicyclic) bond motifs is 1. The number of halogens is 1. The molecule has 0 aliphatic rings. The lowest BCUT2D eigenvalue weighted by Crippen LogP contribution is -2.01. The quantitative estimate of drug-likeness (QED) is 0.777. The summed E-state index contributed by atoms with van der Waals surface area (Å²) < 4.78 is 14.7. The summed E-state index contributed by atoms with van der Waals surface area (Å²) in [7, 11) is 0. The van der Waals surface area contributed by atoms with Crippen LogP contribution in [0.3, 0.4) is 0 Å². The second kappa shape index (κ2) is 4.41. The highest BCUT2D eigenvalue weighted by molar-refractivity contribution is 5.94. The summed E-state index contributed by atoms with van der Waals surface area (Å²) in [6.07, 6.45) is 1.26. The van der Waals surface area contributed by atoms with Crippen LogP contribution in [-0.2, 0) is 0 Å². The maximum atomic E-state index is 13.3. The Morgan fingerprint density at radius 1 is 1.35 bits per heavy atom. The number of aryl methyl sites for hydroxylation is 1. The second-order valence-corrected chi connectivity index (χ2v) is 4.39. The van der Waals surface area contributed by atoms with Crippen LogP contribution in [0.25, 0.3) is 16.9 Å². The van der Waals surface area contributed by atoms with Gasteiger partial charge in [0.2, 0.25) is 0 Å². The van der Waals surface area contributed by atoms with Crippen molar-refractivity contribution >= 4 is 11.6 Å². The molecule has 0 amide bonds. The smallest absolute Gasteiger partial charge is 0.341 e. The van der Waals surface area contributed by atoms with Crippen LogP contribution in [0, 0.1) is 12.7 Å². The predicted molar refractivity (Wildman–Crippen MR) is 70.1 cm³/mol. The Morgan fingerprint density at radius 3 is 2.85 bits per heavy atom. The lowest BCUT2D eigenvalue weighted by molar-refractivity contribution is 0.0699. The Bertz CT molecular complexity index is 826. The molecule has 2 heterocycles. The fourth-order valence-corrected chi connectivity index (χ4v) is 2.06. The SMILES string of the molecule is Cc1cc(-c2cccc(F)c2)nc2c(C(=O)O)cnn12. The molecule has 5 nitrogen and oxygen atoms in total. The fourth-order valence-electron chi connectivity index (χ4n) is 2.06. The van der Waals surface area contributed by atoms with E-state index < -0.39 is 5.97 Å². The van der Waals surface area contributed by atoms with Crippen LogP contribution in [-0.4, -0.2) is 25.7 Å². The molecule has 2 aromatic heterocycles. The van der Waals surface area contributed by atoms with E-state index in [0.29, 0.717) is 11.3 Å². The summed E-state index contributed by atoms with van der Waals surface area (Å²) in [4.78, 5) is 15.4. The van der Waals surface area contributed by atoms with Crippen molar-refractivity contribution in [3.05, 3.63) is 53.6 Å². The van der Waals surface area contributed by atoms with E-state index >= 15 is 0 Å². The lowest BCUT2D eigenvalue weighted by atomic mass is 10.1. The van der Waals surface area contributed by atoms with Gasteiger partial charge in [-0.05, 0) is 25.1 Å². The molecular formula is C14H10FN3O2. The van der Waals surface area contributed by atoms with Crippen LogP contribution < -0.4 is 0 Å². The summed E-state index contributed by atoms with van der Waals surface area (Å²) in [6.45, 7) is 1.79. The molecular weight excluding hydrogens is 261 g/mol. The van der Waals surface area contributed by atoms with Gasteiger partial charge >= 0.3 is 5.97 Å². The molecule has 0 saturated carbocycles. The molecule has 3 aromatic rings.